The minimum absolute atomic E-state index is 0.320. The normalized spacial score (nSPS) is 21.9. The van der Waals surface area contributed by atoms with Crippen LogP contribution in [0.5, 0.6) is 0 Å². The highest BCUT2D eigenvalue weighted by Crippen LogP contribution is 2.25. The smallest absolute Gasteiger partial charge is 0.150 e. The number of thiophene rings is 1. The van der Waals surface area contributed by atoms with Crippen molar-refractivity contribution in [2.45, 2.75) is 45.2 Å². The van der Waals surface area contributed by atoms with Gasteiger partial charge in [0.15, 0.2) is 0 Å². The Hall–Kier alpha value is -0.390. The second-order valence-corrected chi connectivity index (χ2v) is 8.48. The van der Waals surface area contributed by atoms with Gasteiger partial charge in [0.05, 0.1) is 11.5 Å². The second-order valence-electron chi connectivity index (χ2n) is 4.97. The maximum absolute atomic E-state index is 11.4. The van der Waals surface area contributed by atoms with E-state index in [2.05, 4.69) is 31.3 Å². The molecule has 0 radical (unpaired) electrons. The van der Waals surface area contributed by atoms with E-state index in [0.717, 1.165) is 19.3 Å². The fourth-order valence-corrected chi connectivity index (χ4v) is 4.77. The topological polar surface area (TPSA) is 46.2 Å². The summed E-state index contributed by atoms with van der Waals surface area (Å²) in [5.74, 6) is 0.671. The van der Waals surface area contributed by atoms with Crippen molar-refractivity contribution in [2.75, 3.05) is 11.5 Å². The maximum Gasteiger partial charge on any atom is 0.150 e. The van der Waals surface area contributed by atoms with Crippen LogP contribution >= 0.6 is 11.3 Å². The molecule has 0 aliphatic carbocycles. The molecule has 3 nitrogen and oxygen atoms in total. The Morgan fingerprint density at radius 2 is 2.06 bits per heavy atom. The Labute approximate surface area is 114 Å². The third kappa shape index (κ3) is 3.56. The summed E-state index contributed by atoms with van der Waals surface area (Å²) in [5.41, 5.74) is 0. The van der Waals surface area contributed by atoms with Crippen LogP contribution in [-0.4, -0.2) is 26.0 Å². The first-order chi connectivity index (χ1) is 8.50. The third-order valence-corrected chi connectivity index (χ3v) is 6.63. The van der Waals surface area contributed by atoms with E-state index < -0.39 is 9.84 Å². The summed E-state index contributed by atoms with van der Waals surface area (Å²) in [6, 6.07) is 5.03. The van der Waals surface area contributed by atoms with Crippen molar-refractivity contribution in [3.8, 4) is 0 Å². The molecule has 1 aliphatic rings. The zero-order valence-electron chi connectivity index (χ0n) is 11.0. The van der Waals surface area contributed by atoms with E-state index in [1.54, 1.807) is 0 Å². The summed E-state index contributed by atoms with van der Waals surface area (Å²) in [6.07, 6.45) is 2.58. The van der Waals surface area contributed by atoms with Crippen LogP contribution in [-0.2, 0) is 16.3 Å². The number of rotatable bonds is 4. The summed E-state index contributed by atoms with van der Waals surface area (Å²) >= 11 is 1.85. The molecule has 1 N–H and O–H groups in total. The Morgan fingerprint density at radius 1 is 1.39 bits per heavy atom. The predicted molar refractivity (Wildman–Crippen MR) is 76.9 cm³/mol. The zero-order valence-corrected chi connectivity index (χ0v) is 12.6. The lowest BCUT2D eigenvalue weighted by atomic mass is 10.1. The van der Waals surface area contributed by atoms with Gasteiger partial charge in [-0.25, -0.2) is 8.42 Å². The number of nitrogens with one attached hydrogen (secondary N) is 1. The van der Waals surface area contributed by atoms with Gasteiger partial charge in [-0.05, 0) is 38.3 Å². The van der Waals surface area contributed by atoms with E-state index in [-0.39, 0.29) is 0 Å². The van der Waals surface area contributed by atoms with Crippen LogP contribution in [0.2, 0.25) is 0 Å². The number of aryl methyl sites for hydroxylation is 1. The molecule has 5 heteroatoms. The van der Waals surface area contributed by atoms with E-state index in [4.69, 9.17) is 0 Å². The highest BCUT2D eigenvalue weighted by molar-refractivity contribution is 7.91. The summed E-state index contributed by atoms with van der Waals surface area (Å²) in [5, 5.41) is 3.56. The van der Waals surface area contributed by atoms with Gasteiger partial charge in [0.1, 0.15) is 9.84 Å². The molecule has 0 bridgehead atoms. The molecule has 0 saturated carbocycles. The van der Waals surface area contributed by atoms with Gasteiger partial charge in [0.2, 0.25) is 0 Å². The minimum atomic E-state index is -2.75. The van der Waals surface area contributed by atoms with E-state index >= 15 is 0 Å². The molecule has 2 rings (SSSR count). The third-order valence-electron chi connectivity index (χ3n) is 3.50. The van der Waals surface area contributed by atoms with Crippen LogP contribution in [0.25, 0.3) is 0 Å². The lowest BCUT2D eigenvalue weighted by Crippen LogP contribution is -2.38. The Bertz CT molecular complexity index is 479. The summed E-state index contributed by atoms with van der Waals surface area (Å²) in [4.78, 5) is 2.75. The van der Waals surface area contributed by atoms with Crippen LogP contribution in [0.15, 0.2) is 12.1 Å². The molecule has 1 unspecified atom stereocenters. The highest BCUT2D eigenvalue weighted by Gasteiger charge is 2.24. The summed E-state index contributed by atoms with van der Waals surface area (Å²) < 4.78 is 22.7. The van der Waals surface area contributed by atoms with Crippen molar-refractivity contribution in [2.24, 2.45) is 0 Å². The first kappa shape index (κ1) is 14.0. The van der Waals surface area contributed by atoms with Gasteiger partial charge < -0.3 is 5.32 Å². The van der Waals surface area contributed by atoms with Crippen LogP contribution < -0.4 is 5.32 Å². The molecule has 1 aromatic rings. The molecule has 102 valence electrons. The number of hydrogen-bond donors (Lipinski definition) is 1. The molecule has 2 heterocycles. The van der Waals surface area contributed by atoms with E-state index in [9.17, 15) is 8.42 Å². The Morgan fingerprint density at radius 3 is 2.61 bits per heavy atom. The van der Waals surface area contributed by atoms with Gasteiger partial charge in [-0.3, -0.25) is 0 Å². The van der Waals surface area contributed by atoms with E-state index in [1.165, 1.54) is 9.75 Å². The Balaban J connectivity index is 1.90. The number of sulfone groups is 1. The van der Waals surface area contributed by atoms with E-state index in [1.807, 2.05) is 11.3 Å². The SMILES string of the molecule is CCc1ccc(C(C)NC2CCS(=O)(=O)CC2)s1. The van der Waals surface area contributed by atoms with Gasteiger partial charge in [0, 0.05) is 21.8 Å². The van der Waals surface area contributed by atoms with Crippen LogP contribution in [0.4, 0.5) is 0 Å². The van der Waals surface area contributed by atoms with E-state index in [0.29, 0.717) is 23.6 Å². The predicted octanol–water partition coefficient (Wildman–Crippen LogP) is 2.54. The molecule has 18 heavy (non-hydrogen) atoms. The molecule has 0 amide bonds. The van der Waals surface area contributed by atoms with Gasteiger partial charge >= 0.3 is 0 Å². The lowest BCUT2D eigenvalue weighted by Gasteiger charge is -2.26. The summed E-state index contributed by atoms with van der Waals surface area (Å²) in [7, 11) is -2.75. The highest BCUT2D eigenvalue weighted by atomic mass is 32.2. The second kappa shape index (κ2) is 5.72. The average Bonchev–Trinajstić information content (AvgIpc) is 2.80. The molecule has 1 atom stereocenters. The van der Waals surface area contributed by atoms with Gasteiger partial charge in [-0.2, -0.15) is 0 Å². The van der Waals surface area contributed by atoms with Crippen LogP contribution in [0.1, 0.15) is 42.5 Å². The van der Waals surface area contributed by atoms with Crippen molar-refractivity contribution >= 4 is 21.2 Å². The minimum Gasteiger partial charge on any atom is -0.307 e. The molecular weight excluding hydrogens is 266 g/mol. The van der Waals surface area contributed by atoms with Crippen molar-refractivity contribution in [1.82, 2.24) is 5.32 Å². The molecule has 1 aliphatic heterocycles. The van der Waals surface area contributed by atoms with Crippen molar-refractivity contribution < 1.29 is 8.42 Å². The van der Waals surface area contributed by atoms with Crippen LogP contribution in [0, 0.1) is 0 Å². The molecule has 1 aromatic heterocycles. The van der Waals surface area contributed by atoms with Gasteiger partial charge in [-0.1, -0.05) is 6.92 Å². The first-order valence-electron chi connectivity index (χ1n) is 6.55. The quantitative estimate of drug-likeness (QED) is 0.925. The maximum atomic E-state index is 11.4. The van der Waals surface area contributed by atoms with Crippen LogP contribution in [0.3, 0.4) is 0 Å². The molecule has 1 fully saturated rings. The fourth-order valence-electron chi connectivity index (χ4n) is 2.31. The standard InChI is InChI=1S/C13H21NO2S2/c1-3-12-4-5-13(17-12)10(2)14-11-6-8-18(15,16)9-7-11/h4-5,10-11,14H,3,6-9H2,1-2H3. The zero-order chi connectivity index (χ0) is 13.2. The van der Waals surface area contributed by atoms with Crippen molar-refractivity contribution in [3.05, 3.63) is 21.9 Å². The molecule has 0 spiro atoms. The van der Waals surface area contributed by atoms with Gasteiger partial charge in [0.25, 0.3) is 0 Å². The lowest BCUT2D eigenvalue weighted by molar-refractivity contribution is 0.423. The van der Waals surface area contributed by atoms with Crippen molar-refractivity contribution in [1.29, 1.82) is 0 Å². The van der Waals surface area contributed by atoms with Gasteiger partial charge in [-0.15, -0.1) is 11.3 Å². The van der Waals surface area contributed by atoms with Crippen molar-refractivity contribution in [3.63, 3.8) is 0 Å². The Kier molecular flexibility index (Phi) is 4.45. The first-order valence-corrected chi connectivity index (χ1v) is 9.19. The monoisotopic (exact) mass is 287 g/mol. The molecule has 0 aromatic carbocycles. The largest absolute Gasteiger partial charge is 0.307 e. The molecule has 1 saturated heterocycles. The fraction of sp³-hybridized carbons (Fsp3) is 0.692. The summed E-state index contributed by atoms with van der Waals surface area (Å²) in [6.45, 7) is 4.33. The number of hydrogen-bond acceptors (Lipinski definition) is 4. The molecular formula is C13H21NO2S2. The average molecular weight is 287 g/mol.